The third-order valence-corrected chi connectivity index (χ3v) is 7.98. The van der Waals surface area contributed by atoms with Gasteiger partial charge >= 0.3 is 0 Å². The van der Waals surface area contributed by atoms with Gasteiger partial charge in [-0.15, -0.1) is 10.2 Å². The number of aromatic nitrogens is 4. The van der Waals surface area contributed by atoms with E-state index >= 15 is 0 Å². The van der Waals surface area contributed by atoms with Gasteiger partial charge in [-0.05, 0) is 55.0 Å². The van der Waals surface area contributed by atoms with E-state index in [9.17, 15) is 13.5 Å². The standard InChI is InChI=1S/C29H24N6O3S/c1-18-10-11-19(16-26(18)39(37,38)30-17-27-32-24-8-4-5-9-25(24)33-27)28-22-6-2-3-7-23(22)29(35-34-28)31-20-12-14-21(36)15-13-20/h2-16,30,36H,17H2,1H3,(H,31,35)(H,32,33). The second kappa shape index (κ2) is 9.82. The zero-order valence-electron chi connectivity index (χ0n) is 20.9. The first kappa shape index (κ1) is 24.5. The van der Waals surface area contributed by atoms with Crippen molar-refractivity contribution in [3.63, 3.8) is 0 Å². The summed E-state index contributed by atoms with van der Waals surface area (Å²) in [6.45, 7) is 1.79. The molecule has 6 rings (SSSR count). The Labute approximate surface area is 224 Å². The highest BCUT2D eigenvalue weighted by molar-refractivity contribution is 7.89. The maximum absolute atomic E-state index is 13.4. The SMILES string of the molecule is Cc1ccc(-c2nnc(Nc3ccc(O)cc3)c3ccccc23)cc1S(=O)(=O)NCc1nc2ccccc2[nH]1. The molecule has 39 heavy (non-hydrogen) atoms. The zero-order valence-corrected chi connectivity index (χ0v) is 21.7. The Morgan fingerprint density at radius 1 is 0.872 bits per heavy atom. The van der Waals surface area contributed by atoms with Crippen LogP contribution in [0.25, 0.3) is 33.1 Å². The van der Waals surface area contributed by atoms with E-state index in [4.69, 9.17) is 0 Å². The number of aromatic hydroxyl groups is 1. The fourth-order valence-corrected chi connectivity index (χ4v) is 5.71. The van der Waals surface area contributed by atoms with E-state index in [1.54, 1.807) is 43.3 Å². The summed E-state index contributed by atoms with van der Waals surface area (Å²) in [5.41, 5.74) is 4.18. The van der Waals surface area contributed by atoms with E-state index in [1.165, 1.54) is 0 Å². The summed E-state index contributed by atoms with van der Waals surface area (Å²) in [6.07, 6.45) is 0. The van der Waals surface area contributed by atoms with E-state index in [0.29, 0.717) is 28.5 Å². The highest BCUT2D eigenvalue weighted by Crippen LogP contribution is 2.33. The van der Waals surface area contributed by atoms with Crippen LogP contribution in [0, 0.1) is 6.92 Å². The number of hydrogen-bond donors (Lipinski definition) is 4. The molecule has 4 N–H and O–H groups in total. The predicted octanol–water partition coefficient (Wildman–Crippen LogP) is 5.41. The topological polar surface area (TPSA) is 133 Å². The molecular weight excluding hydrogens is 512 g/mol. The molecule has 0 saturated heterocycles. The molecule has 0 saturated carbocycles. The minimum absolute atomic E-state index is 0.0288. The van der Waals surface area contributed by atoms with Crippen LogP contribution in [0.3, 0.4) is 0 Å². The number of imidazole rings is 1. The van der Waals surface area contributed by atoms with Crippen LogP contribution in [0.4, 0.5) is 11.5 Å². The van der Waals surface area contributed by atoms with Gasteiger partial charge in [0.25, 0.3) is 0 Å². The lowest BCUT2D eigenvalue weighted by atomic mass is 10.0. The number of H-pyrrole nitrogens is 1. The van der Waals surface area contributed by atoms with Gasteiger partial charge in [0.05, 0.1) is 22.5 Å². The van der Waals surface area contributed by atoms with E-state index in [-0.39, 0.29) is 17.2 Å². The Bertz CT molecular complexity index is 1900. The highest BCUT2D eigenvalue weighted by Gasteiger charge is 2.20. The van der Waals surface area contributed by atoms with Crippen LogP contribution in [0.2, 0.25) is 0 Å². The molecule has 9 nitrogen and oxygen atoms in total. The number of para-hydroxylation sites is 2. The lowest BCUT2D eigenvalue weighted by Crippen LogP contribution is -2.24. The van der Waals surface area contributed by atoms with Crippen LogP contribution in [-0.2, 0) is 16.6 Å². The molecule has 2 aromatic heterocycles. The van der Waals surface area contributed by atoms with Gasteiger partial charge in [-0.1, -0.05) is 48.5 Å². The number of nitrogens with one attached hydrogen (secondary N) is 3. The molecule has 0 amide bonds. The molecule has 0 aliphatic carbocycles. The van der Waals surface area contributed by atoms with E-state index in [0.717, 1.165) is 27.5 Å². The van der Waals surface area contributed by atoms with Gasteiger partial charge in [-0.3, -0.25) is 0 Å². The normalized spacial score (nSPS) is 11.7. The molecule has 0 bridgehead atoms. The van der Waals surface area contributed by atoms with Crippen molar-refractivity contribution in [2.45, 2.75) is 18.4 Å². The molecule has 0 unspecified atom stereocenters. The van der Waals surface area contributed by atoms with Gasteiger partial charge in [0.2, 0.25) is 10.0 Å². The van der Waals surface area contributed by atoms with Crippen molar-refractivity contribution in [2.75, 3.05) is 5.32 Å². The number of anilines is 2. The molecule has 0 fully saturated rings. The number of aromatic amines is 1. The zero-order chi connectivity index (χ0) is 27.0. The average molecular weight is 537 g/mol. The Hall–Kier alpha value is -4.80. The minimum Gasteiger partial charge on any atom is -0.508 e. The molecule has 194 valence electrons. The highest BCUT2D eigenvalue weighted by atomic mass is 32.2. The summed E-state index contributed by atoms with van der Waals surface area (Å²) in [4.78, 5) is 7.76. The first-order valence-corrected chi connectivity index (χ1v) is 13.7. The van der Waals surface area contributed by atoms with Gasteiger partial charge in [-0.25, -0.2) is 18.1 Å². The smallest absolute Gasteiger partial charge is 0.241 e. The van der Waals surface area contributed by atoms with Gasteiger partial charge in [0.1, 0.15) is 17.3 Å². The average Bonchev–Trinajstić information content (AvgIpc) is 3.37. The van der Waals surface area contributed by atoms with Gasteiger partial charge in [-0.2, -0.15) is 0 Å². The van der Waals surface area contributed by atoms with E-state index in [1.807, 2.05) is 54.6 Å². The van der Waals surface area contributed by atoms with Crippen LogP contribution in [0.15, 0.2) is 95.9 Å². The van der Waals surface area contributed by atoms with Crippen molar-refractivity contribution in [3.8, 4) is 17.0 Å². The van der Waals surface area contributed by atoms with Crippen LogP contribution < -0.4 is 10.0 Å². The van der Waals surface area contributed by atoms with Crippen molar-refractivity contribution in [1.82, 2.24) is 24.9 Å². The van der Waals surface area contributed by atoms with Gasteiger partial charge in [0, 0.05) is 22.0 Å². The first-order chi connectivity index (χ1) is 18.9. The molecule has 0 atom stereocenters. The molecule has 2 heterocycles. The van der Waals surface area contributed by atoms with Crippen LogP contribution in [-0.4, -0.2) is 33.7 Å². The Balaban J connectivity index is 1.33. The number of benzene rings is 4. The Morgan fingerprint density at radius 2 is 1.62 bits per heavy atom. The molecule has 0 aliphatic rings. The fourth-order valence-electron chi connectivity index (χ4n) is 4.46. The monoisotopic (exact) mass is 536 g/mol. The lowest BCUT2D eigenvalue weighted by molar-refractivity contribution is 0.475. The fraction of sp³-hybridized carbons (Fsp3) is 0.0690. The second-order valence-corrected chi connectivity index (χ2v) is 10.9. The minimum atomic E-state index is -3.85. The van der Waals surface area contributed by atoms with Crippen LogP contribution in [0.5, 0.6) is 5.75 Å². The third kappa shape index (κ3) is 4.90. The number of phenols is 1. The third-order valence-electron chi connectivity index (χ3n) is 6.44. The Morgan fingerprint density at radius 3 is 2.41 bits per heavy atom. The quantitative estimate of drug-likeness (QED) is 0.201. The van der Waals surface area contributed by atoms with Gasteiger partial charge in [0.15, 0.2) is 5.82 Å². The number of sulfonamides is 1. The van der Waals surface area contributed by atoms with Crippen molar-refractivity contribution in [3.05, 3.63) is 102 Å². The van der Waals surface area contributed by atoms with Crippen molar-refractivity contribution >= 4 is 43.3 Å². The van der Waals surface area contributed by atoms with Gasteiger partial charge < -0.3 is 15.4 Å². The molecule has 4 aromatic carbocycles. The molecule has 0 spiro atoms. The number of nitrogens with zero attached hydrogens (tertiary/aromatic N) is 3. The van der Waals surface area contributed by atoms with E-state index in [2.05, 4.69) is 30.2 Å². The number of hydrogen-bond acceptors (Lipinski definition) is 7. The maximum Gasteiger partial charge on any atom is 0.241 e. The summed E-state index contributed by atoms with van der Waals surface area (Å²) >= 11 is 0. The number of fused-ring (bicyclic) bond motifs is 2. The summed E-state index contributed by atoms with van der Waals surface area (Å²) in [6, 6.07) is 27.1. The number of rotatable bonds is 7. The van der Waals surface area contributed by atoms with Crippen molar-refractivity contribution < 1.29 is 13.5 Å². The van der Waals surface area contributed by atoms with Crippen molar-refractivity contribution in [1.29, 1.82) is 0 Å². The second-order valence-electron chi connectivity index (χ2n) is 9.12. The molecule has 6 aromatic rings. The van der Waals surface area contributed by atoms with Crippen LogP contribution >= 0.6 is 0 Å². The van der Waals surface area contributed by atoms with Crippen LogP contribution in [0.1, 0.15) is 11.4 Å². The molecule has 10 heteroatoms. The summed E-state index contributed by atoms with van der Waals surface area (Å²) in [7, 11) is -3.85. The number of aryl methyl sites for hydroxylation is 1. The molecular formula is C29H24N6O3S. The predicted molar refractivity (Wildman–Crippen MR) is 151 cm³/mol. The summed E-state index contributed by atoms with van der Waals surface area (Å²) in [5.74, 6) is 1.25. The summed E-state index contributed by atoms with van der Waals surface area (Å²) in [5, 5.41) is 23.3. The maximum atomic E-state index is 13.4. The molecule has 0 radical (unpaired) electrons. The summed E-state index contributed by atoms with van der Waals surface area (Å²) < 4.78 is 29.4. The Kier molecular flexibility index (Phi) is 6.18. The largest absolute Gasteiger partial charge is 0.508 e. The van der Waals surface area contributed by atoms with E-state index < -0.39 is 10.0 Å². The van der Waals surface area contributed by atoms with Crippen molar-refractivity contribution in [2.24, 2.45) is 0 Å². The lowest BCUT2D eigenvalue weighted by Gasteiger charge is -2.13. The number of phenolic OH excluding ortho intramolecular Hbond substituents is 1. The first-order valence-electron chi connectivity index (χ1n) is 12.2. The molecule has 0 aliphatic heterocycles.